The number of likely N-dealkylation sites (N-methyl/N-ethyl adjacent to an activating group) is 1. The maximum Gasteiger partial charge on any atom is 0.261 e. The number of carbonyl (C=O) groups is 2. The predicted octanol–water partition coefficient (Wildman–Crippen LogP) is 5.25. The van der Waals surface area contributed by atoms with Crippen molar-refractivity contribution >= 4 is 50.9 Å². The molecule has 0 unspecified atom stereocenters. The van der Waals surface area contributed by atoms with Crippen molar-refractivity contribution in [2.75, 3.05) is 13.7 Å². The third-order valence-corrected chi connectivity index (χ3v) is 5.95. The van der Waals surface area contributed by atoms with Crippen molar-refractivity contribution < 1.29 is 14.3 Å². The van der Waals surface area contributed by atoms with Gasteiger partial charge in [-0.25, -0.2) is 0 Å². The zero-order valence-electron chi connectivity index (χ0n) is 17.2. The van der Waals surface area contributed by atoms with Crippen LogP contribution in [0.15, 0.2) is 40.9 Å². The van der Waals surface area contributed by atoms with Crippen molar-refractivity contribution in [3.05, 3.63) is 62.0 Å². The summed E-state index contributed by atoms with van der Waals surface area (Å²) < 4.78 is 6.53. The molecule has 0 aliphatic carbocycles. The summed E-state index contributed by atoms with van der Waals surface area (Å²) in [4.78, 5) is 27.0. The fourth-order valence-corrected chi connectivity index (χ4v) is 4.03. The summed E-state index contributed by atoms with van der Waals surface area (Å²) in [5.41, 5.74) is 1.86. The maximum absolute atomic E-state index is 13.1. The lowest BCUT2D eigenvalue weighted by molar-refractivity contribution is -0.142. The zero-order valence-corrected chi connectivity index (χ0v) is 20.3. The van der Waals surface area contributed by atoms with Crippen LogP contribution in [-0.2, 0) is 22.6 Å². The molecule has 2 aromatic carbocycles. The number of rotatable bonds is 9. The number of aryl methyl sites for hydroxylation is 1. The fourth-order valence-electron chi connectivity index (χ4n) is 3.02. The van der Waals surface area contributed by atoms with Crippen LogP contribution in [0.5, 0.6) is 5.75 Å². The highest BCUT2D eigenvalue weighted by Crippen LogP contribution is 2.27. The van der Waals surface area contributed by atoms with Crippen LogP contribution in [0.25, 0.3) is 0 Å². The second-order valence-corrected chi connectivity index (χ2v) is 8.40. The lowest BCUT2D eigenvalue weighted by Gasteiger charge is -2.30. The van der Waals surface area contributed by atoms with Crippen LogP contribution < -0.4 is 10.1 Å². The molecule has 8 heteroatoms. The van der Waals surface area contributed by atoms with Crippen LogP contribution in [0, 0.1) is 0 Å². The molecule has 0 bridgehead atoms. The van der Waals surface area contributed by atoms with E-state index in [1.165, 1.54) is 4.90 Å². The first kappa shape index (κ1) is 24.5. The maximum atomic E-state index is 13.1. The number of hydrogen-bond acceptors (Lipinski definition) is 3. The van der Waals surface area contributed by atoms with Gasteiger partial charge < -0.3 is 15.0 Å². The standard InChI is InChI=1S/C22H25BrCl2N2O3/c1-4-14-6-9-20(17(23)10-14)30-13-21(28)27(19(5-2)22(29)26-3)12-15-7-8-16(24)11-18(15)25/h6-11,19H,4-5,12-13H2,1-3H3,(H,26,29)/t19-/m0/s1. The number of nitrogens with zero attached hydrogens (tertiary/aromatic N) is 1. The molecule has 0 saturated heterocycles. The summed E-state index contributed by atoms with van der Waals surface area (Å²) in [5, 5.41) is 3.56. The molecule has 2 aromatic rings. The van der Waals surface area contributed by atoms with Crippen molar-refractivity contribution in [2.45, 2.75) is 39.3 Å². The molecule has 0 aromatic heterocycles. The van der Waals surface area contributed by atoms with Crippen LogP contribution in [0.2, 0.25) is 10.0 Å². The first-order valence-corrected chi connectivity index (χ1v) is 11.2. The number of halogens is 3. The summed E-state index contributed by atoms with van der Waals surface area (Å²) in [6.45, 7) is 3.88. The Morgan fingerprint density at radius 2 is 1.90 bits per heavy atom. The topological polar surface area (TPSA) is 58.6 Å². The van der Waals surface area contributed by atoms with Gasteiger partial charge in [-0.3, -0.25) is 9.59 Å². The van der Waals surface area contributed by atoms with Gasteiger partial charge in [0.15, 0.2) is 6.61 Å². The number of hydrogen-bond donors (Lipinski definition) is 1. The molecule has 2 rings (SSSR count). The zero-order chi connectivity index (χ0) is 22.3. The third-order valence-electron chi connectivity index (χ3n) is 4.74. The number of amides is 2. The molecule has 0 aliphatic rings. The van der Waals surface area contributed by atoms with Crippen molar-refractivity contribution in [1.29, 1.82) is 0 Å². The van der Waals surface area contributed by atoms with E-state index in [0.717, 1.165) is 16.5 Å². The summed E-state index contributed by atoms with van der Waals surface area (Å²) in [5.74, 6) is 0.00497. The van der Waals surface area contributed by atoms with Crippen LogP contribution >= 0.6 is 39.1 Å². The molecule has 1 N–H and O–H groups in total. The fraction of sp³-hybridized carbons (Fsp3) is 0.364. The smallest absolute Gasteiger partial charge is 0.261 e. The Morgan fingerprint density at radius 1 is 1.17 bits per heavy atom. The quantitative estimate of drug-likeness (QED) is 0.496. The third kappa shape index (κ3) is 6.37. The lowest BCUT2D eigenvalue weighted by atomic mass is 10.1. The molecular weight excluding hydrogens is 491 g/mol. The molecule has 30 heavy (non-hydrogen) atoms. The van der Waals surface area contributed by atoms with Gasteiger partial charge in [-0.15, -0.1) is 0 Å². The van der Waals surface area contributed by atoms with Gasteiger partial charge in [0.05, 0.1) is 4.47 Å². The minimum absolute atomic E-state index is 0.167. The van der Waals surface area contributed by atoms with E-state index in [9.17, 15) is 9.59 Å². The average Bonchev–Trinajstić information content (AvgIpc) is 2.73. The van der Waals surface area contributed by atoms with E-state index in [2.05, 4.69) is 28.2 Å². The molecule has 0 spiro atoms. The van der Waals surface area contributed by atoms with E-state index >= 15 is 0 Å². The lowest BCUT2D eigenvalue weighted by Crippen LogP contribution is -2.49. The van der Waals surface area contributed by atoms with Crippen LogP contribution in [0.4, 0.5) is 0 Å². The minimum atomic E-state index is -0.649. The minimum Gasteiger partial charge on any atom is -0.483 e. The van der Waals surface area contributed by atoms with Gasteiger partial charge in [0, 0.05) is 23.6 Å². The SMILES string of the molecule is CCc1ccc(OCC(=O)N(Cc2ccc(Cl)cc2Cl)[C@@H](CC)C(=O)NC)c(Br)c1. The largest absolute Gasteiger partial charge is 0.483 e. The Labute approximate surface area is 195 Å². The van der Waals surface area contributed by atoms with Gasteiger partial charge in [0.2, 0.25) is 5.91 Å². The van der Waals surface area contributed by atoms with Crippen LogP contribution in [0.3, 0.4) is 0 Å². The van der Waals surface area contributed by atoms with Crippen molar-refractivity contribution in [2.24, 2.45) is 0 Å². The van der Waals surface area contributed by atoms with E-state index in [-0.39, 0.29) is 25.0 Å². The van der Waals surface area contributed by atoms with Crippen molar-refractivity contribution in [1.82, 2.24) is 10.2 Å². The van der Waals surface area contributed by atoms with E-state index in [0.29, 0.717) is 27.8 Å². The Bertz CT molecular complexity index is 908. The van der Waals surface area contributed by atoms with Crippen LogP contribution in [0.1, 0.15) is 31.4 Å². The number of benzene rings is 2. The van der Waals surface area contributed by atoms with E-state index in [1.54, 1.807) is 25.2 Å². The number of nitrogens with one attached hydrogen (secondary N) is 1. The highest BCUT2D eigenvalue weighted by Gasteiger charge is 2.29. The van der Waals surface area contributed by atoms with Crippen molar-refractivity contribution in [3.8, 4) is 5.75 Å². The molecular formula is C22H25BrCl2N2O3. The molecule has 0 aliphatic heterocycles. The summed E-state index contributed by atoms with van der Waals surface area (Å²) in [6, 6.07) is 10.2. The first-order valence-electron chi connectivity index (χ1n) is 9.66. The van der Waals surface area contributed by atoms with Gasteiger partial charge in [0.1, 0.15) is 11.8 Å². The average molecular weight is 516 g/mol. The highest BCUT2D eigenvalue weighted by atomic mass is 79.9. The second-order valence-electron chi connectivity index (χ2n) is 6.70. The molecule has 5 nitrogen and oxygen atoms in total. The second kappa shape index (κ2) is 11.6. The predicted molar refractivity (Wildman–Crippen MR) is 124 cm³/mol. The first-order chi connectivity index (χ1) is 14.3. The monoisotopic (exact) mass is 514 g/mol. The number of carbonyl (C=O) groups excluding carboxylic acids is 2. The Kier molecular flexibility index (Phi) is 9.46. The molecule has 0 radical (unpaired) electrons. The molecule has 2 amide bonds. The Morgan fingerprint density at radius 3 is 2.47 bits per heavy atom. The summed E-state index contributed by atoms with van der Waals surface area (Å²) in [6.07, 6.45) is 1.35. The molecule has 1 atom stereocenters. The van der Waals surface area contributed by atoms with Gasteiger partial charge in [-0.1, -0.05) is 49.2 Å². The molecule has 0 heterocycles. The highest BCUT2D eigenvalue weighted by molar-refractivity contribution is 9.10. The summed E-state index contributed by atoms with van der Waals surface area (Å²) >= 11 is 15.8. The van der Waals surface area contributed by atoms with E-state index in [4.69, 9.17) is 27.9 Å². The Hall–Kier alpha value is -1.76. The van der Waals surface area contributed by atoms with Gasteiger partial charge >= 0.3 is 0 Å². The van der Waals surface area contributed by atoms with E-state index in [1.807, 2.05) is 25.1 Å². The summed E-state index contributed by atoms with van der Waals surface area (Å²) in [7, 11) is 1.55. The van der Waals surface area contributed by atoms with Crippen molar-refractivity contribution in [3.63, 3.8) is 0 Å². The van der Waals surface area contributed by atoms with Crippen LogP contribution in [-0.4, -0.2) is 36.4 Å². The Balaban J connectivity index is 2.24. The molecule has 0 saturated carbocycles. The van der Waals surface area contributed by atoms with Gasteiger partial charge in [0.25, 0.3) is 5.91 Å². The normalized spacial score (nSPS) is 11.7. The van der Waals surface area contributed by atoms with Gasteiger partial charge in [-0.2, -0.15) is 0 Å². The van der Waals surface area contributed by atoms with Gasteiger partial charge in [-0.05, 0) is 64.2 Å². The number of ether oxygens (including phenoxy) is 1. The van der Waals surface area contributed by atoms with E-state index < -0.39 is 6.04 Å². The molecule has 0 fully saturated rings. The molecule has 162 valence electrons.